The molecule has 2 bridgehead atoms. The Balaban J connectivity index is 0.000000159. The van der Waals surface area contributed by atoms with Gasteiger partial charge < -0.3 is 15.6 Å². The molecule has 0 spiro atoms. The number of para-hydroxylation sites is 1. The maximum absolute atomic E-state index is 10.4. The minimum Gasteiger partial charge on any atom is -0.487 e. The molecule has 0 aliphatic carbocycles. The van der Waals surface area contributed by atoms with E-state index in [-0.39, 0.29) is 5.69 Å². The van der Waals surface area contributed by atoms with Gasteiger partial charge in [-0.05, 0) is 30.7 Å². The third kappa shape index (κ3) is 3.49. The Morgan fingerprint density at radius 1 is 1.33 bits per heavy atom. The largest absolute Gasteiger partial charge is 0.487 e. The monoisotopic (exact) mass is 288 g/mol. The number of rotatable bonds is 2. The zero-order valence-electron chi connectivity index (χ0n) is 11.5. The molecule has 2 aromatic carbocycles. The molecule has 2 aromatic rings. The van der Waals surface area contributed by atoms with E-state index >= 15 is 0 Å². The van der Waals surface area contributed by atoms with Crippen molar-refractivity contribution in [2.24, 2.45) is 0 Å². The lowest BCUT2D eigenvalue weighted by atomic mass is 10.1. The molecule has 3 N–H and O–H groups in total. The highest BCUT2D eigenvalue weighted by molar-refractivity contribution is 5.56. The molecule has 0 radical (unpaired) electrons. The molecule has 1 unspecified atom stereocenters. The fourth-order valence-corrected chi connectivity index (χ4v) is 1.99. The van der Waals surface area contributed by atoms with Crippen LogP contribution in [-0.4, -0.2) is 10.0 Å². The van der Waals surface area contributed by atoms with E-state index in [1.54, 1.807) is 18.2 Å². The first kappa shape index (κ1) is 14.8. The molecular weight excluding hydrogens is 272 g/mol. The molecule has 4 rings (SSSR count). The highest BCUT2D eigenvalue weighted by Gasteiger charge is 2.15. The first-order valence-electron chi connectivity index (χ1n) is 6.41. The number of hydrogen-bond acceptors (Lipinski definition) is 5. The second-order valence-electron chi connectivity index (χ2n) is 4.65. The van der Waals surface area contributed by atoms with Gasteiger partial charge in [-0.2, -0.15) is 0 Å². The molecule has 2 aliphatic heterocycles. The highest BCUT2D eigenvalue weighted by Crippen LogP contribution is 2.28. The maximum atomic E-state index is 10.4. The summed E-state index contributed by atoms with van der Waals surface area (Å²) in [5.74, 6) is 0.810. The summed E-state index contributed by atoms with van der Waals surface area (Å²) >= 11 is 0. The second kappa shape index (κ2) is 6.23. The van der Waals surface area contributed by atoms with Crippen molar-refractivity contribution in [1.29, 1.82) is 0 Å². The van der Waals surface area contributed by atoms with E-state index in [1.807, 2.05) is 18.2 Å². The number of nitro benzene ring substituents is 1. The third-order valence-electron chi connectivity index (χ3n) is 3.05. The predicted molar refractivity (Wildman–Crippen MR) is 78.9 cm³/mol. The fraction of sp³-hybridized carbons (Fsp3) is 0.200. The van der Waals surface area contributed by atoms with Gasteiger partial charge in [0.1, 0.15) is 12.4 Å². The summed E-state index contributed by atoms with van der Waals surface area (Å²) in [7, 11) is 0. The van der Waals surface area contributed by atoms with Crippen LogP contribution >= 0.6 is 0 Å². The van der Waals surface area contributed by atoms with Crippen molar-refractivity contribution in [3.8, 4) is 5.75 Å². The number of hydrogen-bond donors (Lipinski definition) is 2. The number of nitro groups is 1. The fourth-order valence-electron chi connectivity index (χ4n) is 1.99. The summed E-state index contributed by atoms with van der Waals surface area (Å²) < 4.78 is 5.19. The van der Waals surface area contributed by atoms with Crippen molar-refractivity contribution in [3.63, 3.8) is 0 Å². The van der Waals surface area contributed by atoms with Crippen LogP contribution < -0.4 is 10.5 Å². The first-order valence-corrected chi connectivity index (χ1v) is 6.41. The molecule has 0 saturated heterocycles. The van der Waals surface area contributed by atoms with E-state index in [0.717, 1.165) is 17.0 Å². The van der Waals surface area contributed by atoms with Gasteiger partial charge in [0.15, 0.2) is 0 Å². The van der Waals surface area contributed by atoms with Crippen molar-refractivity contribution in [3.05, 3.63) is 63.7 Å². The lowest BCUT2D eigenvalue weighted by molar-refractivity contribution is -0.386. The zero-order chi connectivity index (χ0) is 15.4. The van der Waals surface area contributed by atoms with Gasteiger partial charge in [-0.3, -0.25) is 10.1 Å². The van der Waals surface area contributed by atoms with Crippen LogP contribution in [0.5, 0.6) is 5.75 Å². The van der Waals surface area contributed by atoms with E-state index < -0.39 is 11.0 Å². The highest BCUT2D eigenvalue weighted by atomic mass is 16.6. The number of benzene rings is 2. The van der Waals surface area contributed by atoms with E-state index in [0.29, 0.717) is 12.2 Å². The van der Waals surface area contributed by atoms with Gasteiger partial charge in [-0.15, -0.1) is 0 Å². The van der Waals surface area contributed by atoms with Crippen LogP contribution in [0.3, 0.4) is 0 Å². The van der Waals surface area contributed by atoms with Gasteiger partial charge >= 0.3 is 0 Å². The average Bonchev–Trinajstić information content (AvgIpc) is 2.49. The minimum absolute atomic E-state index is 0.0347. The Bertz CT molecular complexity index is 656. The summed E-state index contributed by atoms with van der Waals surface area (Å²) in [4.78, 5) is 9.92. The molecule has 0 saturated carbocycles. The molecule has 2 heterocycles. The number of anilines is 1. The molecule has 110 valence electrons. The summed E-state index contributed by atoms with van der Waals surface area (Å²) in [6.45, 7) is 2.19. The van der Waals surface area contributed by atoms with Crippen LogP contribution in [0.15, 0.2) is 42.5 Å². The normalized spacial score (nSPS) is 12.9. The van der Waals surface area contributed by atoms with Gasteiger partial charge in [0.05, 0.1) is 22.3 Å². The van der Waals surface area contributed by atoms with Crippen LogP contribution in [0.4, 0.5) is 11.4 Å². The zero-order valence-corrected chi connectivity index (χ0v) is 11.5. The van der Waals surface area contributed by atoms with E-state index in [4.69, 9.17) is 15.6 Å². The number of aliphatic hydroxyl groups excluding tert-OH is 1. The van der Waals surface area contributed by atoms with Crippen LogP contribution in [0.1, 0.15) is 24.2 Å². The van der Waals surface area contributed by atoms with Gasteiger partial charge in [0.2, 0.25) is 0 Å². The lowest BCUT2D eigenvalue weighted by Crippen LogP contribution is -2.05. The van der Waals surface area contributed by atoms with Crippen LogP contribution in [0, 0.1) is 10.1 Å². The topological polar surface area (TPSA) is 98.6 Å². The SMILES string of the molecule is CC(O)c1ccccc1[N+](=O)[O-].Nc1cc2ccc1OC2. The number of nitrogens with two attached hydrogens (primary N) is 1. The summed E-state index contributed by atoms with van der Waals surface area (Å²) in [6, 6.07) is 12.0. The van der Waals surface area contributed by atoms with E-state index in [2.05, 4.69) is 0 Å². The number of fused-ring (bicyclic) bond motifs is 3. The Morgan fingerprint density at radius 3 is 2.38 bits per heavy atom. The number of aliphatic hydroxyl groups is 1. The van der Waals surface area contributed by atoms with Crippen molar-refractivity contribution in [2.75, 3.05) is 5.73 Å². The van der Waals surface area contributed by atoms with Gasteiger partial charge in [0.25, 0.3) is 5.69 Å². The first-order chi connectivity index (χ1) is 9.99. The molecule has 2 aliphatic rings. The standard InChI is InChI=1S/C8H9NO3.C7H7NO/c1-6(10)7-4-2-3-5-8(7)9(11)12;8-6-3-5-1-2-7(6)9-4-5/h2-6,10H,1H3;1-3H,4,8H2. The van der Waals surface area contributed by atoms with Gasteiger partial charge in [-0.1, -0.05) is 18.2 Å². The molecule has 1 atom stereocenters. The maximum Gasteiger partial charge on any atom is 0.275 e. The lowest BCUT2D eigenvalue weighted by Gasteiger charge is -2.15. The van der Waals surface area contributed by atoms with E-state index in [9.17, 15) is 10.1 Å². The number of ether oxygens (including phenoxy) is 1. The quantitative estimate of drug-likeness (QED) is 0.503. The Labute approximate surface area is 121 Å². The molecule has 0 amide bonds. The third-order valence-corrected chi connectivity index (χ3v) is 3.05. The summed E-state index contributed by atoms with van der Waals surface area (Å²) in [6.07, 6.45) is -0.799. The van der Waals surface area contributed by atoms with Crippen molar-refractivity contribution in [2.45, 2.75) is 19.6 Å². The molecule has 0 aromatic heterocycles. The van der Waals surface area contributed by atoms with Crippen molar-refractivity contribution >= 4 is 11.4 Å². The molecule has 0 fully saturated rings. The van der Waals surface area contributed by atoms with Crippen LogP contribution in [-0.2, 0) is 6.61 Å². The minimum atomic E-state index is -0.799. The summed E-state index contributed by atoms with van der Waals surface area (Å²) in [5, 5.41) is 19.6. The van der Waals surface area contributed by atoms with Gasteiger partial charge in [-0.25, -0.2) is 0 Å². The Kier molecular flexibility index (Phi) is 4.39. The van der Waals surface area contributed by atoms with E-state index in [1.165, 1.54) is 13.0 Å². The van der Waals surface area contributed by atoms with Crippen molar-refractivity contribution in [1.82, 2.24) is 0 Å². The number of nitrogens with zero attached hydrogens (tertiary/aromatic N) is 1. The predicted octanol–water partition coefficient (Wildman–Crippen LogP) is 2.81. The second-order valence-corrected chi connectivity index (χ2v) is 4.65. The average molecular weight is 288 g/mol. The van der Waals surface area contributed by atoms with Crippen LogP contribution in [0.2, 0.25) is 0 Å². The molecular formula is C15H16N2O4. The molecule has 21 heavy (non-hydrogen) atoms. The Morgan fingerprint density at radius 2 is 2.05 bits per heavy atom. The van der Waals surface area contributed by atoms with Crippen LogP contribution in [0.25, 0.3) is 0 Å². The molecule has 6 heteroatoms. The van der Waals surface area contributed by atoms with Gasteiger partial charge in [0, 0.05) is 6.07 Å². The Hall–Kier alpha value is -2.60. The molecule has 6 nitrogen and oxygen atoms in total. The number of nitrogen functional groups attached to an aromatic ring is 1. The smallest absolute Gasteiger partial charge is 0.275 e. The summed E-state index contributed by atoms with van der Waals surface area (Å²) in [5.41, 5.74) is 7.77. The van der Waals surface area contributed by atoms with Crippen molar-refractivity contribution < 1.29 is 14.8 Å².